The summed E-state index contributed by atoms with van der Waals surface area (Å²) >= 11 is 0. The molecule has 1 saturated heterocycles. The van der Waals surface area contributed by atoms with E-state index in [-0.39, 0.29) is 24.7 Å². The van der Waals surface area contributed by atoms with Crippen molar-refractivity contribution in [3.8, 4) is 11.5 Å². The Hall–Kier alpha value is -3.06. The lowest BCUT2D eigenvalue weighted by Crippen LogP contribution is -2.25. The molecule has 0 aromatic heterocycles. The maximum atomic E-state index is 12.7. The number of carbonyl (C=O) groups excluding carboxylic acids is 2. The van der Waals surface area contributed by atoms with Crippen LogP contribution in [0, 0.1) is 0 Å². The van der Waals surface area contributed by atoms with Gasteiger partial charge in [0.15, 0.2) is 11.5 Å². The van der Waals surface area contributed by atoms with Gasteiger partial charge in [-0.3, -0.25) is 9.59 Å². The molecule has 152 valence electrons. The first kappa shape index (κ1) is 19.3. The minimum absolute atomic E-state index is 0.114. The Morgan fingerprint density at radius 1 is 1.07 bits per heavy atom. The second-order valence-corrected chi connectivity index (χ2v) is 7.14. The molecule has 2 aromatic carbocycles. The number of ether oxygens (including phenoxy) is 3. The van der Waals surface area contributed by atoms with E-state index in [1.54, 1.807) is 24.3 Å². The average Bonchev–Trinajstić information content (AvgIpc) is 3.42. The number of hydrogen-bond donors (Lipinski definition) is 2. The Bertz CT molecular complexity index is 893. The molecular weight excluding hydrogens is 372 g/mol. The van der Waals surface area contributed by atoms with E-state index in [1.165, 1.54) is 0 Å². The topological polar surface area (TPSA) is 85.9 Å². The zero-order chi connectivity index (χ0) is 20.1. The fourth-order valence-corrected chi connectivity index (χ4v) is 3.50. The van der Waals surface area contributed by atoms with Crippen molar-refractivity contribution in [2.45, 2.75) is 38.3 Å². The van der Waals surface area contributed by atoms with Crippen LogP contribution >= 0.6 is 0 Å². The predicted octanol–water partition coefficient (Wildman–Crippen LogP) is 3.24. The molecule has 2 N–H and O–H groups in total. The lowest BCUT2D eigenvalue weighted by Gasteiger charge is -2.13. The summed E-state index contributed by atoms with van der Waals surface area (Å²) in [4.78, 5) is 25.0. The minimum Gasteiger partial charge on any atom is -0.454 e. The van der Waals surface area contributed by atoms with Gasteiger partial charge in [0.05, 0.1) is 17.4 Å². The average molecular weight is 396 g/mol. The standard InChI is InChI=1S/C22H24N2O5/c25-21(10-8-16-4-3-11-27-16)24-18-6-2-1-5-17(18)22(26)23-13-15-7-9-19-20(12-15)29-14-28-19/h1-2,5-7,9,12,16H,3-4,8,10-11,13-14H2,(H,23,26)(H,24,25). The van der Waals surface area contributed by atoms with Gasteiger partial charge in [-0.25, -0.2) is 0 Å². The number of hydrogen-bond acceptors (Lipinski definition) is 5. The first-order valence-electron chi connectivity index (χ1n) is 9.86. The van der Waals surface area contributed by atoms with Gasteiger partial charge in [-0.15, -0.1) is 0 Å². The second-order valence-electron chi connectivity index (χ2n) is 7.14. The van der Waals surface area contributed by atoms with Crippen LogP contribution in [-0.4, -0.2) is 31.3 Å². The molecule has 2 amide bonds. The quantitative estimate of drug-likeness (QED) is 0.750. The van der Waals surface area contributed by atoms with Crippen LogP contribution < -0.4 is 20.1 Å². The van der Waals surface area contributed by atoms with Crippen LogP contribution in [0.2, 0.25) is 0 Å². The van der Waals surface area contributed by atoms with Gasteiger partial charge >= 0.3 is 0 Å². The predicted molar refractivity (Wildman–Crippen MR) is 107 cm³/mol. The largest absolute Gasteiger partial charge is 0.454 e. The lowest BCUT2D eigenvalue weighted by molar-refractivity contribution is -0.116. The molecule has 1 unspecified atom stereocenters. The number of fused-ring (bicyclic) bond motifs is 1. The number of benzene rings is 2. The van der Waals surface area contributed by atoms with Gasteiger partial charge in [-0.05, 0) is 49.1 Å². The molecular formula is C22H24N2O5. The summed E-state index contributed by atoms with van der Waals surface area (Å²) in [6.45, 7) is 1.33. The van der Waals surface area contributed by atoms with Gasteiger partial charge in [-0.1, -0.05) is 18.2 Å². The van der Waals surface area contributed by atoms with Crippen molar-refractivity contribution in [2.24, 2.45) is 0 Å². The summed E-state index contributed by atoms with van der Waals surface area (Å²) in [6.07, 6.45) is 3.30. The smallest absolute Gasteiger partial charge is 0.253 e. The number of para-hydroxylation sites is 1. The van der Waals surface area contributed by atoms with Crippen molar-refractivity contribution in [1.82, 2.24) is 5.32 Å². The molecule has 0 aliphatic carbocycles. The van der Waals surface area contributed by atoms with E-state index in [2.05, 4.69) is 10.6 Å². The van der Waals surface area contributed by atoms with E-state index < -0.39 is 0 Å². The van der Waals surface area contributed by atoms with Crippen LogP contribution in [0.5, 0.6) is 11.5 Å². The minimum atomic E-state index is -0.252. The summed E-state index contributed by atoms with van der Waals surface area (Å²) in [7, 11) is 0. The molecule has 1 fully saturated rings. The van der Waals surface area contributed by atoms with Gasteiger partial charge in [0.2, 0.25) is 12.7 Å². The molecule has 0 spiro atoms. The molecule has 7 heteroatoms. The number of anilines is 1. The van der Waals surface area contributed by atoms with Gasteiger partial charge < -0.3 is 24.8 Å². The number of nitrogens with one attached hydrogen (secondary N) is 2. The third-order valence-electron chi connectivity index (χ3n) is 5.05. The van der Waals surface area contributed by atoms with E-state index in [9.17, 15) is 9.59 Å². The molecule has 0 saturated carbocycles. The Morgan fingerprint density at radius 3 is 2.79 bits per heavy atom. The number of carbonyl (C=O) groups is 2. The van der Waals surface area contributed by atoms with Gasteiger partial charge in [0, 0.05) is 19.6 Å². The van der Waals surface area contributed by atoms with Crippen LogP contribution in [0.15, 0.2) is 42.5 Å². The molecule has 0 bridgehead atoms. The van der Waals surface area contributed by atoms with Crippen LogP contribution in [0.3, 0.4) is 0 Å². The molecule has 2 aliphatic heterocycles. The van der Waals surface area contributed by atoms with E-state index in [0.29, 0.717) is 42.1 Å². The highest BCUT2D eigenvalue weighted by Crippen LogP contribution is 2.32. The summed E-state index contributed by atoms with van der Waals surface area (Å²) in [5.74, 6) is 1.01. The van der Waals surface area contributed by atoms with E-state index in [1.807, 2.05) is 18.2 Å². The lowest BCUT2D eigenvalue weighted by atomic mass is 10.1. The third-order valence-corrected chi connectivity index (χ3v) is 5.05. The van der Waals surface area contributed by atoms with Crippen LogP contribution in [0.25, 0.3) is 0 Å². The van der Waals surface area contributed by atoms with Gasteiger partial charge in [0.1, 0.15) is 0 Å². The Labute approximate surface area is 169 Å². The highest BCUT2D eigenvalue weighted by molar-refractivity contribution is 6.03. The first-order valence-corrected chi connectivity index (χ1v) is 9.86. The Morgan fingerprint density at radius 2 is 1.93 bits per heavy atom. The zero-order valence-electron chi connectivity index (χ0n) is 16.1. The van der Waals surface area contributed by atoms with Crippen molar-refractivity contribution in [3.05, 3.63) is 53.6 Å². The van der Waals surface area contributed by atoms with Crippen LogP contribution in [0.1, 0.15) is 41.6 Å². The van der Waals surface area contributed by atoms with Gasteiger partial charge in [0.25, 0.3) is 5.91 Å². The van der Waals surface area contributed by atoms with Crippen molar-refractivity contribution in [3.63, 3.8) is 0 Å². The normalized spacial score (nSPS) is 17.2. The zero-order valence-corrected chi connectivity index (χ0v) is 16.1. The Kier molecular flexibility index (Phi) is 5.95. The van der Waals surface area contributed by atoms with Crippen molar-refractivity contribution in [1.29, 1.82) is 0 Å². The first-order chi connectivity index (χ1) is 14.2. The molecule has 4 rings (SSSR count). The SMILES string of the molecule is O=C(CCC1CCCO1)Nc1ccccc1C(=O)NCc1ccc2c(c1)OCO2. The highest BCUT2D eigenvalue weighted by atomic mass is 16.7. The maximum Gasteiger partial charge on any atom is 0.253 e. The second kappa shape index (κ2) is 8.96. The highest BCUT2D eigenvalue weighted by Gasteiger charge is 2.18. The summed E-state index contributed by atoms with van der Waals surface area (Å²) < 4.78 is 16.2. The molecule has 2 heterocycles. The monoisotopic (exact) mass is 396 g/mol. The number of rotatable bonds is 7. The molecule has 29 heavy (non-hydrogen) atoms. The van der Waals surface area contributed by atoms with E-state index in [0.717, 1.165) is 25.0 Å². The fourth-order valence-electron chi connectivity index (χ4n) is 3.50. The molecule has 1 atom stereocenters. The van der Waals surface area contributed by atoms with Crippen molar-refractivity contribution in [2.75, 3.05) is 18.7 Å². The summed E-state index contributed by atoms with van der Waals surface area (Å²) in [5, 5.41) is 5.75. The molecule has 0 radical (unpaired) electrons. The fraction of sp³-hybridized carbons (Fsp3) is 0.364. The number of amides is 2. The van der Waals surface area contributed by atoms with Crippen molar-refractivity contribution >= 4 is 17.5 Å². The van der Waals surface area contributed by atoms with Crippen molar-refractivity contribution < 1.29 is 23.8 Å². The van der Waals surface area contributed by atoms with Crippen LogP contribution in [-0.2, 0) is 16.1 Å². The van der Waals surface area contributed by atoms with Crippen LogP contribution in [0.4, 0.5) is 5.69 Å². The molecule has 2 aromatic rings. The Balaban J connectivity index is 1.34. The van der Waals surface area contributed by atoms with E-state index in [4.69, 9.17) is 14.2 Å². The molecule has 2 aliphatic rings. The van der Waals surface area contributed by atoms with Gasteiger partial charge in [-0.2, -0.15) is 0 Å². The maximum absolute atomic E-state index is 12.7. The third kappa shape index (κ3) is 4.86. The molecule has 7 nitrogen and oxygen atoms in total. The summed E-state index contributed by atoms with van der Waals surface area (Å²) in [6, 6.07) is 12.6. The summed E-state index contributed by atoms with van der Waals surface area (Å²) in [5.41, 5.74) is 1.84. The van der Waals surface area contributed by atoms with E-state index >= 15 is 0 Å².